The molecule has 0 heterocycles. The van der Waals surface area contributed by atoms with Crippen LogP contribution in [-0.2, 0) is 0 Å². The van der Waals surface area contributed by atoms with Crippen molar-refractivity contribution in [1.82, 2.24) is 0 Å². The van der Waals surface area contributed by atoms with E-state index in [1.807, 2.05) is 30.3 Å². The van der Waals surface area contributed by atoms with Crippen molar-refractivity contribution in [3.63, 3.8) is 0 Å². The normalized spacial score (nSPS) is 11.0. The summed E-state index contributed by atoms with van der Waals surface area (Å²) >= 11 is 0. The van der Waals surface area contributed by atoms with Gasteiger partial charge in [-0.3, -0.25) is 10.1 Å². The second-order valence-corrected chi connectivity index (χ2v) is 5.91. The molecule has 5 heteroatoms. The summed E-state index contributed by atoms with van der Waals surface area (Å²) in [4.78, 5) is 9.89. The molecule has 25 heavy (non-hydrogen) atoms. The molecule has 0 bridgehead atoms. The number of rotatable bonds is 9. The minimum Gasteiger partial charge on any atom is -0.385 e. The summed E-state index contributed by atoms with van der Waals surface area (Å²) in [5.41, 5.74) is 2.14. The average molecular weight is 342 g/mol. The lowest BCUT2D eigenvalue weighted by molar-refractivity contribution is -0.387. The van der Waals surface area contributed by atoms with E-state index in [0.29, 0.717) is 5.56 Å². The molecule has 0 fully saturated rings. The number of hydrogen-bond acceptors (Lipinski definition) is 3. The van der Waals surface area contributed by atoms with Crippen LogP contribution in [0, 0.1) is 15.9 Å². The maximum Gasteiger partial charge on any atom is 0.304 e. The van der Waals surface area contributed by atoms with Crippen LogP contribution in [0.2, 0.25) is 0 Å². The Labute approximate surface area is 147 Å². The molecule has 0 saturated heterocycles. The second kappa shape index (κ2) is 9.57. The highest BCUT2D eigenvalue weighted by Crippen LogP contribution is 2.20. The van der Waals surface area contributed by atoms with Crippen molar-refractivity contribution < 1.29 is 9.31 Å². The van der Waals surface area contributed by atoms with Gasteiger partial charge < -0.3 is 5.32 Å². The third-order valence-corrected chi connectivity index (χ3v) is 3.91. The molecule has 0 aliphatic rings. The molecule has 2 aromatic carbocycles. The number of nitrogens with zero attached hydrogens (tertiary/aromatic N) is 1. The van der Waals surface area contributed by atoms with E-state index in [2.05, 4.69) is 12.2 Å². The fourth-order valence-corrected chi connectivity index (χ4v) is 2.46. The Morgan fingerprint density at radius 3 is 2.36 bits per heavy atom. The van der Waals surface area contributed by atoms with E-state index in [4.69, 9.17) is 0 Å². The van der Waals surface area contributed by atoms with Gasteiger partial charge in [0.05, 0.1) is 4.92 Å². The van der Waals surface area contributed by atoms with Crippen LogP contribution in [-0.4, -0.2) is 11.5 Å². The highest BCUT2D eigenvalue weighted by molar-refractivity contribution is 5.71. The van der Waals surface area contributed by atoms with Crippen LogP contribution >= 0.6 is 0 Å². The molecule has 0 amide bonds. The van der Waals surface area contributed by atoms with E-state index in [9.17, 15) is 14.5 Å². The van der Waals surface area contributed by atoms with Crippen molar-refractivity contribution in [2.75, 3.05) is 11.9 Å². The molecular formula is C20H23FN2O2. The van der Waals surface area contributed by atoms with E-state index in [-0.39, 0.29) is 0 Å². The lowest BCUT2D eigenvalue weighted by Gasteiger charge is -2.06. The first-order valence-corrected chi connectivity index (χ1v) is 8.56. The number of hydrogen-bond donors (Lipinski definition) is 1. The SMILES string of the molecule is CCCCCCNc1ccc(C=Cc2ccc([N+](=O)[O-])c(F)c2)cc1. The first-order valence-electron chi connectivity index (χ1n) is 8.56. The third kappa shape index (κ3) is 6.03. The number of anilines is 1. The van der Waals surface area contributed by atoms with Crippen molar-refractivity contribution in [2.45, 2.75) is 32.6 Å². The third-order valence-electron chi connectivity index (χ3n) is 3.91. The Balaban J connectivity index is 1.91. The molecule has 0 aliphatic heterocycles. The maximum absolute atomic E-state index is 13.6. The molecule has 2 aromatic rings. The van der Waals surface area contributed by atoms with Gasteiger partial charge in [0.15, 0.2) is 0 Å². The van der Waals surface area contributed by atoms with E-state index < -0.39 is 16.4 Å². The largest absolute Gasteiger partial charge is 0.385 e. The van der Waals surface area contributed by atoms with Crippen molar-refractivity contribution in [3.05, 3.63) is 69.5 Å². The van der Waals surface area contributed by atoms with Crippen molar-refractivity contribution in [3.8, 4) is 0 Å². The molecule has 0 aliphatic carbocycles. The lowest BCUT2D eigenvalue weighted by atomic mass is 10.1. The summed E-state index contributed by atoms with van der Waals surface area (Å²) in [6, 6.07) is 11.9. The Morgan fingerprint density at radius 1 is 1.04 bits per heavy atom. The lowest BCUT2D eigenvalue weighted by Crippen LogP contribution is -2.00. The highest BCUT2D eigenvalue weighted by atomic mass is 19.1. The first-order chi connectivity index (χ1) is 12.1. The van der Waals surface area contributed by atoms with Gasteiger partial charge in [-0.15, -0.1) is 0 Å². The van der Waals surface area contributed by atoms with Crippen LogP contribution in [0.5, 0.6) is 0 Å². The van der Waals surface area contributed by atoms with Gasteiger partial charge in [-0.05, 0) is 41.8 Å². The number of unbranched alkanes of at least 4 members (excludes halogenated alkanes) is 3. The monoisotopic (exact) mass is 342 g/mol. The van der Waals surface area contributed by atoms with E-state index in [1.165, 1.54) is 43.9 Å². The van der Waals surface area contributed by atoms with E-state index >= 15 is 0 Å². The van der Waals surface area contributed by atoms with Gasteiger partial charge >= 0.3 is 5.69 Å². The zero-order valence-electron chi connectivity index (χ0n) is 14.4. The molecule has 1 N–H and O–H groups in total. The summed E-state index contributed by atoms with van der Waals surface area (Å²) in [6.45, 7) is 3.17. The Hall–Kier alpha value is -2.69. The van der Waals surface area contributed by atoms with Crippen molar-refractivity contribution in [1.29, 1.82) is 0 Å². The van der Waals surface area contributed by atoms with E-state index in [0.717, 1.165) is 17.8 Å². The van der Waals surface area contributed by atoms with Gasteiger partial charge in [-0.1, -0.05) is 50.5 Å². The minimum absolute atomic E-state index is 0.508. The molecule has 4 nitrogen and oxygen atoms in total. The van der Waals surface area contributed by atoms with Crippen LogP contribution in [0.15, 0.2) is 42.5 Å². The maximum atomic E-state index is 13.6. The number of halogens is 1. The second-order valence-electron chi connectivity index (χ2n) is 5.91. The number of benzene rings is 2. The minimum atomic E-state index is -0.824. The quantitative estimate of drug-likeness (QED) is 0.267. The highest BCUT2D eigenvalue weighted by Gasteiger charge is 2.12. The topological polar surface area (TPSA) is 55.2 Å². The van der Waals surface area contributed by atoms with Crippen molar-refractivity contribution in [2.24, 2.45) is 0 Å². The van der Waals surface area contributed by atoms with E-state index in [1.54, 1.807) is 6.08 Å². The van der Waals surface area contributed by atoms with Gasteiger partial charge in [0.25, 0.3) is 0 Å². The molecule has 0 atom stereocenters. The standard InChI is InChI=1S/C20H23FN2O2/c1-2-3-4-5-14-22-18-11-8-16(9-12-18)6-7-17-10-13-20(23(24)25)19(21)15-17/h6-13,15,22H,2-5,14H2,1H3. The number of nitro benzene ring substituents is 1. The fraction of sp³-hybridized carbons (Fsp3) is 0.300. The average Bonchev–Trinajstić information content (AvgIpc) is 2.60. The van der Waals surface area contributed by atoms with Gasteiger partial charge in [0, 0.05) is 18.3 Å². The van der Waals surface area contributed by atoms with Gasteiger partial charge in [-0.2, -0.15) is 4.39 Å². The molecule has 0 aromatic heterocycles. The molecule has 0 radical (unpaired) electrons. The van der Waals surface area contributed by atoms with Gasteiger partial charge in [0.1, 0.15) is 0 Å². The van der Waals surface area contributed by atoms with Crippen LogP contribution in [0.25, 0.3) is 12.2 Å². The van der Waals surface area contributed by atoms with Crippen LogP contribution in [0.4, 0.5) is 15.8 Å². The zero-order chi connectivity index (χ0) is 18.1. The Bertz CT molecular complexity index is 727. The summed E-state index contributed by atoms with van der Waals surface area (Å²) < 4.78 is 13.6. The summed E-state index contributed by atoms with van der Waals surface area (Å²) in [6.07, 6.45) is 8.51. The number of nitro groups is 1. The summed E-state index contributed by atoms with van der Waals surface area (Å²) in [5, 5.41) is 14.0. The molecular weight excluding hydrogens is 319 g/mol. The number of nitrogens with one attached hydrogen (secondary N) is 1. The summed E-state index contributed by atoms with van der Waals surface area (Å²) in [7, 11) is 0. The summed E-state index contributed by atoms with van der Waals surface area (Å²) in [5.74, 6) is -0.824. The predicted molar refractivity (Wildman–Crippen MR) is 101 cm³/mol. The van der Waals surface area contributed by atoms with Crippen LogP contribution in [0.1, 0.15) is 43.7 Å². The van der Waals surface area contributed by atoms with Crippen LogP contribution < -0.4 is 5.32 Å². The molecule has 132 valence electrons. The van der Waals surface area contributed by atoms with Gasteiger partial charge in [0.2, 0.25) is 5.82 Å². The smallest absolute Gasteiger partial charge is 0.304 e. The molecule has 0 saturated carbocycles. The predicted octanol–water partition coefficient (Wildman–Crippen LogP) is 5.90. The molecule has 2 rings (SSSR count). The Morgan fingerprint density at radius 2 is 1.72 bits per heavy atom. The molecule has 0 unspecified atom stereocenters. The van der Waals surface area contributed by atoms with Crippen molar-refractivity contribution >= 4 is 23.5 Å². The van der Waals surface area contributed by atoms with Crippen LogP contribution in [0.3, 0.4) is 0 Å². The zero-order valence-corrected chi connectivity index (χ0v) is 14.4. The van der Waals surface area contributed by atoms with Gasteiger partial charge in [-0.25, -0.2) is 0 Å². The fourth-order valence-electron chi connectivity index (χ4n) is 2.46. The molecule has 0 spiro atoms. The Kier molecular flexibility index (Phi) is 7.14. The first kappa shape index (κ1) is 18.6.